The van der Waals surface area contributed by atoms with E-state index in [0.29, 0.717) is 5.16 Å². The van der Waals surface area contributed by atoms with Crippen LogP contribution < -0.4 is 5.56 Å². The number of fused-ring (bicyclic) bond motifs is 4. The number of unbranched alkanes of at least 4 members (excludes halogenated alkanes) is 2. The van der Waals surface area contributed by atoms with Crippen molar-refractivity contribution in [2.24, 2.45) is 0 Å². The van der Waals surface area contributed by atoms with Crippen molar-refractivity contribution in [2.75, 3.05) is 18.8 Å². The Morgan fingerprint density at radius 1 is 0.949 bits per heavy atom. The molecule has 0 N–H and O–H groups in total. The highest BCUT2D eigenvalue weighted by Crippen LogP contribution is 2.49. The number of aromatic nitrogens is 2. The number of hydrogen-bond acceptors (Lipinski definition) is 4. The highest BCUT2D eigenvalue weighted by Gasteiger charge is 2.43. The summed E-state index contributed by atoms with van der Waals surface area (Å²) in [6.07, 6.45) is 10.6. The van der Waals surface area contributed by atoms with Gasteiger partial charge in [0.2, 0.25) is 5.91 Å². The van der Waals surface area contributed by atoms with Gasteiger partial charge in [-0.15, -0.1) is 0 Å². The molecule has 5 nitrogen and oxygen atoms in total. The number of nitrogens with zero attached hydrogens (tertiary/aromatic N) is 3. The first kappa shape index (κ1) is 27.7. The number of para-hydroxylation sites is 1. The molecule has 2 aliphatic carbocycles. The van der Waals surface area contributed by atoms with Gasteiger partial charge in [0.1, 0.15) is 0 Å². The third-order valence-corrected chi connectivity index (χ3v) is 9.37. The molecule has 206 valence electrons. The molecule has 3 aromatic rings. The zero-order valence-corrected chi connectivity index (χ0v) is 24.3. The SMILES string of the molecule is CCCCN(CCCC)C(=O)CSc1nc2c(c(=O)n1-c1ccccc1)C1(CCCCC1)Cc1ccccc1-2. The number of rotatable bonds is 10. The van der Waals surface area contributed by atoms with E-state index in [0.717, 1.165) is 93.4 Å². The van der Waals surface area contributed by atoms with E-state index >= 15 is 0 Å². The zero-order chi connectivity index (χ0) is 27.2. The van der Waals surface area contributed by atoms with Crippen molar-refractivity contribution in [1.82, 2.24) is 14.5 Å². The minimum atomic E-state index is -0.168. The third kappa shape index (κ3) is 5.72. The van der Waals surface area contributed by atoms with Crippen LogP contribution in [0.3, 0.4) is 0 Å². The fraction of sp³-hybridized carbons (Fsp3) is 0.485. The van der Waals surface area contributed by atoms with Crippen LogP contribution in [0.15, 0.2) is 64.5 Å². The second kappa shape index (κ2) is 12.5. The Morgan fingerprint density at radius 2 is 1.62 bits per heavy atom. The number of benzene rings is 2. The van der Waals surface area contributed by atoms with Crippen molar-refractivity contribution in [3.63, 3.8) is 0 Å². The Morgan fingerprint density at radius 3 is 2.31 bits per heavy atom. The maximum Gasteiger partial charge on any atom is 0.263 e. The smallest absolute Gasteiger partial charge is 0.263 e. The second-order valence-corrected chi connectivity index (χ2v) is 12.1. The summed E-state index contributed by atoms with van der Waals surface area (Å²) < 4.78 is 1.78. The molecule has 2 aromatic carbocycles. The second-order valence-electron chi connectivity index (χ2n) is 11.1. The lowest BCUT2D eigenvalue weighted by Gasteiger charge is -2.42. The van der Waals surface area contributed by atoms with Gasteiger partial charge in [0.15, 0.2) is 5.16 Å². The first-order valence-corrected chi connectivity index (χ1v) is 15.8. The topological polar surface area (TPSA) is 55.2 Å². The first-order valence-electron chi connectivity index (χ1n) is 14.8. The molecule has 2 aliphatic rings. The van der Waals surface area contributed by atoms with Gasteiger partial charge in [-0.05, 0) is 49.8 Å². The number of carbonyl (C=O) groups is 1. The summed E-state index contributed by atoms with van der Waals surface area (Å²) in [5.41, 5.74) is 4.75. The highest BCUT2D eigenvalue weighted by atomic mass is 32.2. The summed E-state index contributed by atoms with van der Waals surface area (Å²) in [6, 6.07) is 18.3. The fourth-order valence-electron chi connectivity index (χ4n) is 6.37. The quantitative estimate of drug-likeness (QED) is 0.201. The predicted molar refractivity (Wildman–Crippen MR) is 161 cm³/mol. The predicted octanol–water partition coefficient (Wildman–Crippen LogP) is 7.18. The molecular weight excluding hydrogens is 502 g/mol. The van der Waals surface area contributed by atoms with Gasteiger partial charge in [-0.25, -0.2) is 4.98 Å². The lowest BCUT2D eigenvalue weighted by Crippen LogP contribution is -2.43. The average molecular weight is 544 g/mol. The Hall–Kier alpha value is -2.86. The number of amides is 1. The molecule has 1 amide bonds. The molecular formula is C33H41N3O2S. The Bertz CT molecular complexity index is 1340. The number of hydrogen-bond donors (Lipinski definition) is 0. The molecule has 0 aliphatic heterocycles. The van der Waals surface area contributed by atoms with E-state index in [4.69, 9.17) is 4.98 Å². The van der Waals surface area contributed by atoms with E-state index in [2.05, 4.69) is 32.0 Å². The molecule has 0 atom stereocenters. The maximum absolute atomic E-state index is 14.6. The Kier molecular flexibility index (Phi) is 8.91. The Balaban J connectivity index is 1.60. The van der Waals surface area contributed by atoms with E-state index in [-0.39, 0.29) is 22.6 Å². The fourth-order valence-corrected chi connectivity index (χ4v) is 7.27. The first-order chi connectivity index (χ1) is 19.1. The molecule has 6 heteroatoms. The van der Waals surface area contributed by atoms with Crippen molar-refractivity contribution in [3.8, 4) is 16.9 Å². The van der Waals surface area contributed by atoms with E-state index in [1.54, 1.807) is 4.57 Å². The van der Waals surface area contributed by atoms with E-state index in [1.165, 1.54) is 23.7 Å². The van der Waals surface area contributed by atoms with Crippen molar-refractivity contribution in [2.45, 2.75) is 88.6 Å². The summed E-state index contributed by atoms with van der Waals surface area (Å²) in [5.74, 6) is 0.399. The summed E-state index contributed by atoms with van der Waals surface area (Å²) >= 11 is 1.40. The number of carbonyl (C=O) groups excluding carboxylic acids is 1. The van der Waals surface area contributed by atoms with Crippen LogP contribution in [0.4, 0.5) is 0 Å². The summed E-state index contributed by atoms with van der Waals surface area (Å²) in [5, 5.41) is 0.604. The molecule has 0 bridgehead atoms. The van der Waals surface area contributed by atoms with Crippen LogP contribution in [0.2, 0.25) is 0 Å². The van der Waals surface area contributed by atoms with Gasteiger partial charge in [0.25, 0.3) is 5.56 Å². The van der Waals surface area contributed by atoms with E-state index in [1.807, 2.05) is 41.3 Å². The van der Waals surface area contributed by atoms with E-state index < -0.39 is 0 Å². The zero-order valence-electron chi connectivity index (χ0n) is 23.5. The Labute approximate surface area is 237 Å². The summed E-state index contributed by atoms with van der Waals surface area (Å²) in [6.45, 7) is 5.89. The van der Waals surface area contributed by atoms with Gasteiger partial charge in [0.05, 0.1) is 22.7 Å². The van der Waals surface area contributed by atoms with Crippen LogP contribution in [0, 0.1) is 0 Å². The summed E-state index contributed by atoms with van der Waals surface area (Å²) in [7, 11) is 0. The van der Waals surface area contributed by atoms with Crippen LogP contribution in [0.1, 0.15) is 82.8 Å². The molecule has 1 aromatic heterocycles. The van der Waals surface area contributed by atoms with Crippen molar-refractivity contribution >= 4 is 17.7 Å². The van der Waals surface area contributed by atoms with Gasteiger partial charge >= 0.3 is 0 Å². The monoisotopic (exact) mass is 543 g/mol. The lowest BCUT2D eigenvalue weighted by molar-refractivity contribution is -0.128. The van der Waals surface area contributed by atoms with Gasteiger partial charge in [-0.1, -0.05) is 100 Å². The molecule has 1 heterocycles. The molecule has 0 saturated heterocycles. The van der Waals surface area contributed by atoms with Crippen LogP contribution in [0.25, 0.3) is 16.9 Å². The third-order valence-electron chi connectivity index (χ3n) is 8.45. The van der Waals surface area contributed by atoms with Crippen LogP contribution in [-0.2, 0) is 16.6 Å². The van der Waals surface area contributed by atoms with Crippen molar-refractivity contribution < 1.29 is 4.79 Å². The van der Waals surface area contributed by atoms with Crippen molar-refractivity contribution in [3.05, 3.63) is 76.1 Å². The largest absolute Gasteiger partial charge is 0.342 e. The van der Waals surface area contributed by atoms with Gasteiger partial charge in [-0.2, -0.15) is 0 Å². The number of thioether (sulfide) groups is 1. The van der Waals surface area contributed by atoms with Gasteiger partial charge in [-0.3, -0.25) is 14.2 Å². The molecule has 5 rings (SSSR count). The minimum Gasteiger partial charge on any atom is -0.342 e. The van der Waals surface area contributed by atoms with Crippen LogP contribution in [-0.4, -0.2) is 39.2 Å². The molecule has 0 unspecified atom stereocenters. The average Bonchev–Trinajstić information content (AvgIpc) is 2.96. The molecule has 0 radical (unpaired) electrons. The van der Waals surface area contributed by atoms with Gasteiger partial charge < -0.3 is 4.90 Å². The van der Waals surface area contributed by atoms with Crippen LogP contribution >= 0.6 is 11.8 Å². The normalized spacial score (nSPS) is 15.5. The maximum atomic E-state index is 14.6. The lowest BCUT2D eigenvalue weighted by atomic mass is 9.62. The summed E-state index contributed by atoms with van der Waals surface area (Å²) in [4.78, 5) is 35.2. The molecule has 1 fully saturated rings. The minimum absolute atomic E-state index is 0.0337. The van der Waals surface area contributed by atoms with Crippen LogP contribution in [0.5, 0.6) is 0 Å². The molecule has 39 heavy (non-hydrogen) atoms. The molecule has 1 spiro atoms. The van der Waals surface area contributed by atoms with Gasteiger partial charge in [0, 0.05) is 24.1 Å². The standard InChI is InChI=1S/C33H41N3O2S/c1-3-5-21-35(22-6-4-2)28(37)24-39-32-34-30-27-18-12-11-15-25(27)23-33(19-13-8-14-20-33)29(30)31(38)36(32)26-16-9-7-10-17-26/h7,9-12,15-18H,3-6,8,13-14,19-24H2,1-2H3. The van der Waals surface area contributed by atoms with Crippen molar-refractivity contribution in [1.29, 1.82) is 0 Å². The highest BCUT2D eigenvalue weighted by molar-refractivity contribution is 7.99. The van der Waals surface area contributed by atoms with E-state index in [9.17, 15) is 9.59 Å². The molecule has 1 saturated carbocycles.